The van der Waals surface area contributed by atoms with Crippen molar-refractivity contribution < 1.29 is 18.0 Å². The van der Waals surface area contributed by atoms with Gasteiger partial charge in [0.15, 0.2) is 0 Å². The first-order valence-corrected chi connectivity index (χ1v) is 8.31. The van der Waals surface area contributed by atoms with Crippen LogP contribution in [0, 0.1) is 17.8 Å². The van der Waals surface area contributed by atoms with Crippen molar-refractivity contribution in [3.63, 3.8) is 0 Å². The fraction of sp³-hybridized carbons (Fsp3) is 0.929. The summed E-state index contributed by atoms with van der Waals surface area (Å²) in [6.45, 7) is 4.01. The van der Waals surface area contributed by atoms with Crippen LogP contribution < -0.4 is 5.32 Å². The lowest BCUT2D eigenvalue weighted by Gasteiger charge is -2.31. The maximum absolute atomic E-state index is 12.8. The van der Waals surface area contributed by atoms with Crippen LogP contribution in [0.25, 0.3) is 0 Å². The molecule has 1 aliphatic carbocycles. The SMILES string of the molecule is CC(C)C(CCBr)NC(=O)C1CCCC(C(F)(F)F)C1. The highest BCUT2D eigenvalue weighted by atomic mass is 79.9. The third-order valence-electron chi connectivity index (χ3n) is 4.06. The number of carbonyl (C=O) groups is 1. The minimum absolute atomic E-state index is 0.0214. The molecule has 1 N–H and O–H groups in total. The molecule has 20 heavy (non-hydrogen) atoms. The Morgan fingerprint density at radius 3 is 2.50 bits per heavy atom. The Labute approximate surface area is 127 Å². The van der Waals surface area contributed by atoms with Crippen LogP contribution in [0.4, 0.5) is 13.2 Å². The highest BCUT2D eigenvalue weighted by Gasteiger charge is 2.43. The number of carbonyl (C=O) groups excluding carboxylic acids is 1. The van der Waals surface area contributed by atoms with E-state index in [4.69, 9.17) is 0 Å². The lowest BCUT2D eigenvalue weighted by Crippen LogP contribution is -2.44. The molecule has 1 rings (SSSR count). The molecule has 2 nitrogen and oxygen atoms in total. The second-order valence-electron chi connectivity index (χ2n) is 5.94. The average Bonchev–Trinajstić information content (AvgIpc) is 2.37. The Bertz CT molecular complexity index is 320. The van der Waals surface area contributed by atoms with E-state index in [1.807, 2.05) is 13.8 Å². The van der Waals surface area contributed by atoms with E-state index in [-0.39, 0.29) is 30.7 Å². The van der Waals surface area contributed by atoms with Crippen LogP contribution in [0.15, 0.2) is 0 Å². The molecule has 3 atom stereocenters. The smallest absolute Gasteiger partial charge is 0.353 e. The molecule has 0 aromatic heterocycles. The number of amides is 1. The van der Waals surface area contributed by atoms with Gasteiger partial charge < -0.3 is 5.32 Å². The molecule has 1 saturated carbocycles. The molecule has 1 fully saturated rings. The normalized spacial score (nSPS) is 25.6. The Morgan fingerprint density at radius 1 is 1.35 bits per heavy atom. The van der Waals surface area contributed by atoms with Gasteiger partial charge in [-0.2, -0.15) is 13.2 Å². The molecule has 0 radical (unpaired) electrons. The monoisotopic (exact) mass is 357 g/mol. The van der Waals surface area contributed by atoms with Crippen molar-refractivity contribution in [2.45, 2.75) is 58.2 Å². The van der Waals surface area contributed by atoms with E-state index >= 15 is 0 Å². The first kappa shape index (κ1) is 17.8. The first-order valence-electron chi connectivity index (χ1n) is 7.18. The summed E-state index contributed by atoms with van der Waals surface area (Å²) in [6, 6.07) is 0.0214. The predicted molar refractivity (Wildman–Crippen MR) is 76.7 cm³/mol. The summed E-state index contributed by atoms with van der Waals surface area (Å²) in [4.78, 5) is 12.2. The molecular formula is C14H23BrF3NO. The van der Waals surface area contributed by atoms with Gasteiger partial charge in [-0.15, -0.1) is 0 Å². The fourth-order valence-corrected chi connectivity index (χ4v) is 3.21. The molecule has 118 valence electrons. The van der Waals surface area contributed by atoms with Crippen LogP contribution in [0.1, 0.15) is 46.0 Å². The van der Waals surface area contributed by atoms with Crippen molar-refractivity contribution in [3.05, 3.63) is 0 Å². The molecule has 1 amide bonds. The van der Waals surface area contributed by atoms with Crippen molar-refractivity contribution in [3.8, 4) is 0 Å². The third kappa shape index (κ3) is 5.26. The summed E-state index contributed by atoms with van der Waals surface area (Å²) < 4.78 is 38.3. The van der Waals surface area contributed by atoms with Crippen molar-refractivity contribution >= 4 is 21.8 Å². The summed E-state index contributed by atoms with van der Waals surface area (Å²) in [5, 5.41) is 3.69. The van der Waals surface area contributed by atoms with Gasteiger partial charge in [-0.25, -0.2) is 0 Å². The van der Waals surface area contributed by atoms with Crippen LogP contribution in [0.2, 0.25) is 0 Å². The Kier molecular flexibility index (Phi) is 6.82. The van der Waals surface area contributed by atoms with Crippen molar-refractivity contribution in [1.82, 2.24) is 5.32 Å². The van der Waals surface area contributed by atoms with E-state index < -0.39 is 18.0 Å². The minimum atomic E-state index is -4.17. The highest BCUT2D eigenvalue weighted by Crippen LogP contribution is 2.40. The Hall–Kier alpha value is -0.260. The van der Waals surface area contributed by atoms with Crippen molar-refractivity contribution in [2.75, 3.05) is 5.33 Å². The number of rotatable bonds is 5. The van der Waals surface area contributed by atoms with Crippen LogP contribution in [-0.4, -0.2) is 23.5 Å². The van der Waals surface area contributed by atoms with Gasteiger partial charge in [-0.3, -0.25) is 4.79 Å². The van der Waals surface area contributed by atoms with E-state index in [1.54, 1.807) is 0 Å². The van der Waals surface area contributed by atoms with Crippen LogP contribution in [0.3, 0.4) is 0 Å². The molecule has 3 unspecified atom stereocenters. The van der Waals surface area contributed by atoms with Crippen molar-refractivity contribution in [1.29, 1.82) is 0 Å². The standard InChI is InChI=1S/C14H23BrF3NO/c1-9(2)12(6-7-15)19-13(20)10-4-3-5-11(8-10)14(16,17)18/h9-12H,3-8H2,1-2H3,(H,19,20). The Balaban J connectivity index is 2.58. The zero-order chi connectivity index (χ0) is 15.3. The summed E-state index contributed by atoms with van der Waals surface area (Å²) in [5.41, 5.74) is 0. The van der Waals surface area contributed by atoms with E-state index in [2.05, 4.69) is 21.2 Å². The zero-order valence-corrected chi connectivity index (χ0v) is 13.6. The largest absolute Gasteiger partial charge is 0.391 e. The number of hydrogen-bond acceptors (Lipinski definition) is 1. The minimum Gasteiger partial charge on any atom is -0.353 e. The summed E-state index contributed by atoms with van der Waals surface area (Å²) in [5.74, 6) is -1.75. The molecule has 0 spiro atoms. The maximum atomic E-state index is 12.8. The quantitative estimate of drug-likeness (QED) is 0.731. The number of halogens is 4. The maximum Gasteiger partial charge on any atom is 0.391 e. The molecule has 0 aromatic carbocycles. The molecule has 0 aromatic rings. The van der Waals surface area contributed by atoms with Crippen LogP contribution in [0.5, 0.6) is 0 Å². The molecule has 0 heterocycles. The molecule has 0 aliphatic heterocycles. The first-order chi connectivity index (χ1) is 9.25. The predicted octanol–water partition coefficient (Wildman–Crippen LogP) is 4.28. The van der Waals surface area contributed by atoms with Crippen LogP contribution in [-0.2, 0) is 4.79 Å². The topological polar surface area (TPSA) is 29.1 Å². The zero-order valence-electron chi connectivity index (χ0n) is 12.0. The van der Waals surface area contributed by atoms with Gasteiger partial charge in [0.05, 0.1) is 5.92 Å². The second kappa shape index (κ2) is 7.66. The molecule has 0 saturated heterocycles. The van der Waals surface area contributed by atoms with E-state index in [9.17, 15) is 18.0 Å². The summed E-state index contributed by atoms with van der Waals surface area (Å²) >= 11 is 3.34. The third-order valence-corrected chi connectivity index (χ3v) is 4.52. The van der Waals surface area contributed by atoms with E-state index in [0.717, 1.165) is 11.8 Å². The molecule has 6 heteroatoms. The van der Waals surface area contributed by atoms with E-state index in [1.165, 1.54) is 0 Å². The number of hydrogen-bond donors (Lipinski definition) is 1. The average molecular weight is 358 g/mol. The lowest BCUT2D eigenvalue weighted by molar-refractivity contribution is -0.186. The van der Waals surface area contributed by atoms with Gasteiger partial charge in [0.25, 0.3) is 0 Å². The van der Waals surface area contributed by atoms with Gasteiger partial charge >= 0.3 is 6.18 Å². The lowest BCUT2D eigenvalue weighted by atomic mass is 9.80. The van der Waals surface area contributed by atoms with Gasteiger partial charge in [-0.05, 0) is 31.6 Å². The Morgan fingerprint density at radius 2 is 2.00 bits per heavy atom. The molecule has 1 aliphatic rings. The number of alkyl halides is 4. The van der Waals surface area contributed by atoms with Crippen LogP contribution >= 0.6 is 15.9 Å². The van der Waals surface area contributed by atoms with Gasteiger partial charge in [0, 0.05) is 17.3 Å². The summed E-state index contributed by atoms with van der Waals surface area (Å²) in [6.07, 6.45) is -2.24. The second-order valence-corrected chi connectivity index (χ2v) is 6.73. The molecular weight excluding hydrogens is 335 g/mol. The van der Waals surface area contributed by atoms with Gasteiger partial charge in [-0.1, -0.05) is 36.2 Å². The molecule has 0 bridgehead atoms. The fourth-order valence-electron chi connectivity index (χ4n) is 2.72. The van der Waals surface area contributed by atoms with Gasteiger partial charge in [0.1, 0.15) is 0 Å². The van der Waals surface area contributed by atoms with E-state index in [0.29, 0.717) is 12.8 Å². The summed E-state index contributed by atoms with van der Waals surface area (Å²) in [7, 11) is 0. The van der Waals surface area contributed by atoms with Gasteiger partial charge in [0.2, 0.25) is 5.91 Å². The highest BCUT2D eigenvalue weighted by molar-refractivity contribution is 9.09. The van der Waals surface area contributed by atoms with Crippen molar-refractivity contribution in [2.24, 2.45) is 17.8 Å². The number of nitrogens with one attached hydrogen (secondary N) is 1.